The molecule has 4 N–H and O–H groups in total. The van der Waals surface area contributed by atoms with Gasteiger partial charge in [0, 0.05) is 17.7 Å². The number of carbonyl (C=O) groups is 3. The molecule has 0 radical (unpaired) electrons. The summed E-state index contributed by atoms with van der Waals surface area (Å²) in [4.78, 5) is 35.3. The number of hydrogen-bond donors (Lipinski definition) is 4. The van der Waals surface area contributed by atoms with Crippen LogP contribution in [0.4, 0.5) is 4.79 Å². The summed E-state index contributed by atoms with van der Waals surface area (Å²) in [7, 11) is 0. The Bertz CT molecular complexity index is 881. The van der Waals surface area contributed by atoms with Crippen LogP contribution in [0.5, 0.6) is 0 Å². The molecule has 2 atom stereocenters. The zero-order valence-corrected chi connectivity index (χ0v) is 22.3. The fourth-order valence-electron chi connectivity index (χ4n) is 6.04. The van der Waals surface area contributed by atoms with Gasteiger partial charge >= 0.3 is 18.0 Å². The van der Waals surface area contributed by atoms with Crippen LogP contribution < -0.4 is 11.1 Å². The van der Waals surface area contributed by atoms with E-state index in [1.807, 2.05) is 0 Å². The Hall–Kier alpha value is -2.26. The summed E-state index contributed by atoms with van der Waals surface area (Å²) in [6.45, 7) is 5.04. The first kappa shape index (κ1) is 28.3. The molecular formula is C27H40N2O6S. The summed E-state index contributed by atoms with van der Waals surface area (Å²) in [6, 6.07) is 7.67. The number of aliphatic carboxylic acids is 1. The number of rotatable bonds is 7. The van der Waals surface area contributed by atoms with Crippen molar-refractivity contribution in [2.45, 2.75) is 89.0 Å². The molecule has 8 nitrogen and oxygen atoms in total. The lowest BCUT2D eigenvalue weighted by atomic mass is 9.53. The van der Waals surface area contributed by atoms with E-state index in [4.69, 9.17) is 15.2 Å². The number of carboxylic acid groups (broad SMARTS) is 1. The molecule has 200 valence electrons. The zero-order chi connectivity index (χ0) is 26.5. The molecule has 0 heterocycles. The highest BCUT2D eigenvalue weighted by Crippen LogP contribution is 2.54. The number of esters is 1. The zero-order valence-electron chi connectivity index (χ0n) is 21.4. The van der Waals surface area contributed by atoms with Crippen molar-refractivity contribution in [1.29, 1.82) is 0 Å². The highest BCUT2D eigenvalue weighted by Gasteiger charge is 2.48. The quantitative estimate of drug-likeness (QED) is 0.316. The fraction of sp³-hybridized carbons (Fsp3) is 0.667. The maximum absolute atomic E-state index is 12.2. The number of thiol groups is 1. The topological polar surface area (TPSA) is 128 Å². The van der Waals surface area contributed by atoms with Crippen molar-refractivity contribution in [3.63, 3.8) is 0 Å². The molecule has 4 fully saturated rings. The smallest absolute Gasteiger partial charge is 0.408 e. The number of nitrogens with one attached hydrogen (secondary N) is 1. The Morgan fingerprint density at radius 2 is 1.61 bits per heavy atom. The van der Waals surface area contributed by atoms with Gasteiger partial charge in [-0.3, -0.25) is 0 Å². The van der Waals surface area contributed by atoms with Crippen molar-refractivity contribution < 1.29 is 29.0 Å². The van der Waals surface area contributed by atoms with Crippen molar-refractivity contribution in [3.05, 3.63) is 35.9 Å². The van der Waals surface area contributed by atoms with E-state index in [1.165, 1.54) is 38.5 Å². The minimum Gasteiger partial charge on any atom is -0.478 e. The molecule has 0 saturated heterocycles. The van der Waals surface area contributed by atoms with Crippen LogP contribution in [0.1, 0.15) is 64.9 Å². The molecule has 1 aromatic carbocycles. The predicted molar refractivity (Wildman–Crippen MR) is 140 cm³/mol. The van der Waals surface area contributed by atoms with E-state index in [2.05, 4.69) is 17.9 Å². The minimum atomic E-state index is -1.36. The van der Waals surface area contributed by atoms with Gasteiger partial charge in [0.05, 0.1) is 0 Å². The summed E-state index contributed by atoms with van der Waals surface area (Å²) in [5, 5.41) is 11.6. The maximum Gasteiger partial charge on any atom is 0.408 e. The van der Waals surface area contributed by atoms with Crippen LogP contribution in [0.3, 0.4) is 0 Å². The number of alkyl carbamates (subject to hydrolysis) is 1. The first-order valence-electron chi connectivity index (χ1n) is 12.7. The van der Waals surface area contributed by atoms with E-state index in [0.717, 1.165) is 17.8 Å². The SMILES string of the molecule is CC(C)(C)OC(=O)N[C@H](CS)C(=O)O[C@@H](Cc1ccccc1)C(=O)O.NC12CC3CC(CC(C3)C1)C2. The molecule has 4 aliphatic rings. The van der Waals surface area contributed by atoms with Crippen molar-refractivity contribution in [2.75, 3.05) is 5.75 Å². The number of carbonyl (C=O) groups excluding carboxylic acids is 2. The van der Waals surface area contributed by atoms with E-state index in [9.17, 15) is 19.5 Å². The maximum atomic E-state index is 12.2. The summed E-state index contributed by atoms with van der Waals surface area (Å²) in [5.74, 6) is 0.843. The second-order valence-electron chi connectivity index (χ2n) is 11.6. The molecule has 0 unspecified atom stereocenters. The largest absolute Gasteiger partial charge is 0.478 e. The monoisotopic (exact) mass is 520 g/mol. The standard InChI is InChI=1S/C17H23NO6S.C10H17N/c1-17(2,3)24-16(22)18-12(10-25)15(21)23-13(14(19)20)9-11-7-5-4-6-8-11;11-10-4-7-1-8(5-10)3-9(2-7)6-10/h4-8,12-13,25H,9-10H2,1-3H3,(H,18,22)(H,19,20);7-9H,1-6,11H2/t12-,13+;/m1./s1. The second kappa shape index (κ2) is 11.9. The van der Waals surface area contributed by atoms with Gasteiger partial charge in [0.1, 0.15) is 11.6 Å². The molecule has 36 heavy (non-hydrogen) atoms. The molecular weight excluding hydrogens is 480 g/mol. The third-order valence-corrected chi connectivity index (χ3v) is 7.41. The fourth-order valence-corrected chi connectivity index (χ4v) is 6.28. The lowest BCUT2D eigenvalue weighted by molar-refractivity contribution is -0.164. The lowest BCUT2D eigenvalue weighted by Crippen LogP contribution is -2.55. The van der Waals surface area contributed by atoms with Gasteiger partial charge in [-0.2, -0.15) is 12.6 Å². The summed E-state index contributed by atoms with van der Waals surface area (Å²) >= 11 is 4.00. The molecule has 0 aliphatic heterocycles. The Morgan fingerprint density at radius 3 is 2.03 bits per heavy atom. The molecule has 5 rings (SSSR count). The van der Waals surface area contributed by atoms with Crippen LogP contribution in [-0.4, -0.2) is 52.2 Å². The van der Waals surface area contributed by atoms with Gasteiger partial charge in [-0.1, -0.05) is 30.3 Å². The van der Waals surface area contributed by atoms with Gasteiger partial charge in [0.25, 0.3) is 0 Å². The highest BCUT2D eigenvalue weighted by atomic mass is 32.1. The van der Waals surface area contributed by atoms with Gasteiger partial charge < -0.3 is 25.6 Å². The van der Waals surface area contributed by atoms with Gasteiger partial charge in [-0.25, -0.2) is 14.4 Å². The summed E-state index contributed by atoms with van der Waals surface area (Å²) < 4.78 is 10.1. The summed E-state index contributed by atoms with van der Waals surface area (Å²) in [6.07, 6.45) is 6.42. The Labute approximate surface area is 219 Å². The van der Waals surface area contributed by atoms with Gasteiger partial charge in [0.15, 0.2) is 0 Å². The molecule has 1 amide bonds. The highest BCUT2D eigenvalue weighted by molar-refractivity contribution is 7.80. The number of hydrogen-bond acceptors (Lipinski definition) is 7. The van der Waals surface area contributed by atoms with Crippen molar-refractivity contribution in [3.8, 4) is 0 Å². The lowest BCUT2D eigenvalue weighted by Gasteiger charge is -2.55. The minimum absolute atomic E-state index is 0.0215. The van der Waals surface area contributed by atoms with Crippen LogP contribution in [0.15, 0.2) is 30.3 Å². The first-order valence-corrected chi connectivity index (χ1v) is 13.4. The average molecular weight is 521 g/mol. The second-order valence-corrected chi connectivity index (χ2v) is 12.0. The number of carboxylic acids is 1. The molecule has 9 heteroatoms. The third-order valence-electron chi connectivity index (χ3n) is 7.04. The van der Waals surface area contributed by atoms with Crippen LogP contribution in [0.2, 0.25) is 0 Å². The van der Waals surface area contributed by atoms with E-state index >= 15 is 0 Å². The van der Waals surface area contributed by atoms with Gasteiger partial charge in [-0.05, 0) is 82.6 Å². The normalized spacial score (nSPS) is 27.8. The van der Waals surface area contributed by atoms with Crippen molar-refractivity contribution >= 4 is 30.7 Å². The number of amides is 1. The van der Waals surface area contributed by atoms with Gasteiger partial charge in [-0.15, -0.1) is 0 Å². The molecule has 0 aromatic heterocycles. The summed E-state index contributed by atoms with van der Waals surface area (Å²) in [5.41, 5.74) is 6.60. The van der Waals surface area contributed by atoms with E-state index in [0.29, 0.717) is 11.1 Å². The number of nitrogens with two attached hydrogens (primary N) is 1. The third kappa shape index (κ3) is 8.40. The Kier molecular flexibility index (Phi) is 9.33. The molecule has 4 saturated carbocycles. The first-order chi connectivity index (χ1) is 16.9. The van der Waals surface area contributed by atoms with Crippen molar-refractivity contribution in [1.82, 2.24) is 5.32 Å². The van der Waals surface area contributed by atoms with Crippen molar-refractivity contribution in [2.24, 2.45) is 23.5 Å². The van der Waals surface area contributed by atoms with Crippen LogP contribution >= 0.6 is 12.6 Å². The Balaban J connectivity index is 0.000000265. The van der Waals surface area contributed by atoms with Crippen LogP contribution in [-0.2, 0) is 25.5 Å². The van der Waals surface area contributed by atoms with E-state index in [-0.39, 0.29) is 12.2 Å². The number of benzene rings is 1. The molecule has 4 aliphatic carbocycles. The average Bonchev–Trinajstić information content (AvgIpc) is 2.75. The number of ether oxygens (including phenoxy) is 2. The molecule has 0 spiro atoms. The van der Waals surface area contributed by atoms with Crippen LogP contribution in [0, 0.1) is 17.8 Å². The Morgan fingerprint density at radius 1 is 1.08 bits per heavy atom. The van der Waals surface area contributed by atoms with Crippen LogP contribution in [0.25, 0.3) is 0 Å². The molecule has 1 aromatic rings. The van der Waals surface area contributed by atoms with E-state index < -0.39 is 35.8 Å². The van der Waals surface area contributed by atoms with E-state index in [1.54, 1.807) is 51.1 Å². The molecule has 4 bridgehead atoms. The van der Waals surface area contributed by atoms with Gasteiger partial charge in [0.2, 0.25) is 6.10 Å². The predicted octanol–water partition coefficient (Wildman–Crippen LogP) is 3.96.